The Kier molecular flexibility index (Phi) is 4.50. The molecule has 1 heterocycles. The topological polar surface area (TPSA) is 91.8 Å². The third-order valence-electron chi connectivity index (χ3n) is 2.79. The summed E-state index contributed by atoms with van der Waals surface area (Å²) in [6.45, 7) is 0.954. The van der Waals surface area contributed by atoms with E-state index in [0.29, 0.717) is 19.5 Å². The van der Waals surface area contributed by atoms with E-state index >= 15 is 0 Å². The maximum Gasteiger partial charge on any atom is 0.303 e. The molecule has 1 amide bonds. The van der Waals surface area contributed by atoms with E-state index in [1.165, 1.54) is 0 Å². The smallest absolute Gasteiger partial charge is 0.303 e. The Morgan fingerprint density at radius 3 is 2.59 bits per heavy atom. The number of sulfone groups is 1. The van der Waals surface area contributed by atoms with E-state index in [2.05, 4.69) is 0 Å². The first kappa shape index (κ1) is 14.0. The third kappa shape index (κ3) is 5.16. The maximum absolute atomic E-state index is 11.6. The molecule has 98 valence electrons. The zero-order chi connectivity index (χ0) is 13.1. The summed E-state index contributed by atoms with van der Waals surface area (Å²) >= 11 is 0. The number of nitrogens with zero attached hydrogens (tertiary/aromatic N) is 1. The van der Waals surface area contributed by atoms with Crippen LogP contribution in [0.1, 0.15) is 19.3 Å². The highest BCUT2D eigenvalue weighted by atomic mass is 32.2. The van der Waals surface area contributed by atoms with Gasteiger partial charge in [0.05, 0.1) is 5.75 Å². The average Bonchev–Trinajstić information content (AvgIpc) is 2.60. The summed E-state index contributed by atoms with van der Waals surface area (Å²) in [6, 6.07) is 0. The molecule has 1 unspecified atom stereocenters. The lowest BCUT2D eigenvalue weighted by Gasteiger charge is -2.15. The summed E-state index contributed by atoms with van der Waals surface area (Å²) in [6.07, 6.45) is 1.82. The van der Waals surface area contributed by atoms with Crippen LogP contribution in [0.25, 0.3) is 0 Å². The van der Waals surface area contributed by atoms with E-state index in [0.717, 1.165) is 6.26 Å². The van der Waals surface area contributed by atoms with Gasteiger partial charge < -0.3 is 10.0 Å². The summed E-state index contributed by atoms with van der Waals surface area (Å²) in [5, 5.41) is 8.63. The Bertz CT molecular complexity index is 403. The zero-order valence-corrected chi connectivity index (χ0v) is 10.6. The van der Waals surface area contributed by atoms with E-state index in [-0.39, 0.29) is 30.4 Å². The lowest BCUT2D eigenvalue weighted by Crippen LogP contribution is -2.30. The molecule has 0 bridgehead atoms. The number of carbonyl (C=O) groups excluding carboxylic acids is 1. The van der Waals surface area contributed by atoms with Crippen LogP contribution in [0.4, 0.5) is 0 Å². The minimum atomic E-state index is -3.12. The Hall–Kier alpha value is -1.11. The van der Waals surface area contributed by atoms with Crippen LogP contribution in [0.3, 0.4) is 0 Å². The van der Waals surface area contributed by atoms with Crippen molar-refractivity contribution in [2.24, 2.45) is 5.92 Å². The monoisotopic (exact) mass is 263 g/mol. The van der Waals surface area contributed by atoms with E-state index in [9.17, 15) is 18.0 Å². The molecule has 1 fully saturated rings. The quantitative estimate of drug-likeness (QED) is 0.738. The van der Waals surface area contributed by atoms with Crippen molar-refractivity contribution >= 4 is 21.7 Å². The SMILES string of the molecule is CS(=O)(=O)CCC(=O)N1CCC(CC(=O)O)C1. The first-order valence-corrected chi connectivity index (χ1v) is 7.51. The molecule has 0 saturated carbocycles. The minimum Gasteiger partial charge on any atom is -0.481 e. The van der Waals surface area contributed by atoms with Crippen LogP contribution in [-0.2, 0) is 19.4 Å². The second-order valence-corrected chi connectivity index (χ2v) is 6.73. The minimum absolute atomic E-state index is 0.00492. The van der Waals surface area contributed by atoms with Gasteiger partial charge in [0.25, 0.3) is 0 Å². The summed E-state index contributed by atoms with van der Waals surface area (Å²) in [7, 11) is -3.12. The summed E-state index contributed by atoms with van der Waals surface area (Å²) in [4.78, 5) is 23.7. The average molecular weight is 263 g/mol. The molecule has 1 aliphatic rings. The number of rotatable bonds is 5. The molecule has 0 aromatic heterocycles. The van der Waals surface area contributed by atoms with Gasteiger partial charge in [0.2, 0.25) is 5.91 Å². The van der Waals surface area contributed by atoms with Crippen LogP contribution in [0.15, 0.2) is 0 Å². The van der Waals surface area contributed by atoms with Gasteiger partial charge in [-0.05, 0) is 12.3 Å². The Morgan fingerprint density at radius 1 is 1.41 bits per heavy atom. The molecular weight excluding hydrogens is 246 g/mol. The number of carboxylic acids is 1. The molecule has 1 rings (SSSR count). The highest BCUT2D eigenvalue weighted by molar-refractivity contribution is 7.90. The molecule has 0 aliphatic carbocycles. The molecule has 0 radical (unpaired) electrons. The Morgan fingerprint density at radius 2 is 2.06 bits per heavy atom. The maximum atomic E-state index is 11.6. The van der Waals surface area contributed by atoms with Crippen molar-refractivity contribution in [2.75, 3.05) is 25.1 Å². The van der Waals surface area contributed by atoms with Crippen molar-refractivity contribution in [3.63, 3.8) is 0 Å². The number of amides is 1. The molecule has 6 nitrogen and oxygen atoms in total. The van der Waals surface area contributed by atoms with Crippen LogP contribution in [0.5, 0.6) is 0 Å². The fourth-order valence-corrected chi connectivity index (χ4v) is 2.45. The first-order valence-electron chi connectivity index (χ1n) is 5.45. The van der Waals surface area contributed by atoms with Gasteiger partial charge in [0.15, 0.2) is 0 Å². The molecule has 1 saturated heterocycles. The first-order chi connectivity index (χ1) is 7.78. The van der Waals surface area contributed by atoms with Gasteiger partial charge in [-0.3, -0.25) is 9.59 Å². The van der Waals surface area contributed by atoms with Crippen molar-refractivity contribution in [3.8, 4) is 0 Å². The van der Waals surface area contributed by atoms with Crippen LogP contribution < -0.4 is 0 Å². The van der Waals surface area contributed by atoms with Gasteiger partial charge in [-0.2, -0.15) is 0 Å². The van der Waals surface area contributed by atoms with Crippen molar-refractivity contribution in [1.82, 2.24) is 4.90 Å². The van der Waals surface area contributed by atoms with Crippen molar-refractivity contribution in [1.29, 1.82) is 0 Å². The number of carbonyl (C=O) groups is 2. The molecule has 1 aliphatic heterocycles. The molecule has 0 spiro atoms. The van der Waals surface area contributed by atoms with Gasteiger partial charge in [-0.15, -0.1) is 0 Å². The number of hydrogen-bond acceptors (Lipinski definition) is 4. The number of likely N-dealkylation sites (tertiary alicyclic amines) is 1. The molecule has 1 N–H and O–H groups in total. The van der Waals surface area contributed by atoms with Gasteiger partial charge in [-0.1, -0.05) is 0 Å². The zero-order valence-electron chi connectivity index (χ0n) is 9.76. The van der Waals surface area contributed by atoms with Crippen LogP contribution in [0, 0.1) is 5.92 Å². The van der Waals surface area contributed by atoms with Crippen molar-refractivity contribution in [3.05, 3.63) is 0 Å². The molecule has 17 heavy (non-hydrogen) atoms. The third-order valence-corrected chi connectivity index (χ3v) is 3.73. The summed E-state index contributed by atoms with van der Waals surface area (Å²) < 4.78 is 21.8. The highest BCUT2D eigenvalue weighted by Gasteiger charge is 2.27. The molecule has 7 heteroatoms. The van der Waals surface area contributed by atoms with E-state index in [1.54, 1.807) is 4.90 Å². The lowest BCUT2D eigenvalue weighted by atomic mass is 10.1. The van der Waals surface area contributed by atoms with Crippen LogP contribution in [-0.4, -0.2) is 55.4 Å². The standard InChI is InChI=1S/C10H17NO5S/c1-17(15,16)5-3-9(12)11-4-2-8(7-11)6-10(13)14/h8H,2-7H2,1H3,(H,13,14). The van der Waals surface area contributed by atoms with E-state index < -0.39 is 15.8 Å². The number of hydrogen-bond donors (Lipinski definition) is 1. The summed E-state index contributed by atoms with van der Waals surface area (Å²) in [5.41, 5.74) is 0. The van der Waals surface area contributed by atoms with Crippen LogP contribution in [0.2, 0.25) is 0 Å². The van der Waals surface area contributed by atoms with Gasteiger partial charge in [0, 0.05) is 32.2 Å². The van der Waals surface area contributed by atoms with E-state index in [1.807, 2.05) is 0 Å². The van der Waals surface area contributed by atoms with Gasteiger partial charge >= 0.3 is 5.97 Å². The fraction of sp³-hybridized carbons (Fsp3) is 0.800. The molecule has 0 aromatic rings. The normalized spacial score (nSPS) is 20.5. The second-order valence-electron chi connectivity index (χ2n) is 4.47. The Labute approximate surface area is 101 Å². The Balaban J connectivity index is 2.38. The lowest BCUT2D eigenvalue weighted by molar-refractivity contribution is -0.138. The summed E-state index contributed by atoms with van der Waals surface area (Å²) in [5.74, 6) is -1.22. The van der Waals surface area contributed by atoms with Crippen LogP contribution >= 0.6 is 0 Å². The molecular formula is C10H17NO5S. The molecule has 1 atom stereocenters. The molecule has 0 aromatic carbocycles. The van der Waals surface area contributed by atoms with Crippen molar-refractivity contribution in [2.45, 2.75) is 19.3 Å². The fourth-order valence-electron chi connectivity index (χ4n) is 1.90. The predicted molar refractivity (Wildman–Crippen MR) is 61.3 cm³/mol. The van der Waals surface area contributed by atoms with E-state index in [4.69, 9.17) is 5.11 Å². The van der Waals surface area contributed by atoms with Crippen molar-refractivity contribution < 1.29 is 23.1 Å². The van der Waals surface area contributed by atoms with Gasteiger partial charge in [0.1, 0.15) is 9.84 Å². The number of aliphatic carboxylic acids is 1. The second kappa shape index (κ2) is 5.48. The largest absolute Gasteiger partial charge is 0.481 e. The predicted octanol–water partition coefficient (Wildman–Crippen LogP) is -0.256. The highest BCUT2D eigenvalue weighted by Crippen LogP contribution is 2.20. The van der Waals surface area contributed by atoms with Gasteiger partial charge in [-0.25, -0.2) is 8.42 Å². The number of carboxylic acid groups (broad SMARTS) is 1.